The van der Waals surface area contributed by atoms with Crippen molar-refractivity contribution in [3.05, 3.63) is 58.9 Å². The monoisotopic (exact) mass is 287 g/mol. The highest BCUT2D eigenvalue weighted by atomic mass is 19.1. The van der Waals surface area contributed by atoms with Gasteiger partial charge in [-0.1, -0.05) is 12.1 Å². The number of aryl methyl sites for hydroxylation is 2. The van der Waals surface area contributed by atoms with Crippen molar-refractivity contribution >= 4 is 11.6 Å². The second-order valence-corrected chi connectivity index (χ2v) is 4.87. The number of halogens is 1. The van der Waals surface area contributed by atoms with Crippen LogP contribution in [0, 0.1) is 19.7 Å². The smallest absolute Gasteiger partial charge is 0.258 e. The van der Waals surface area contributed by atoms with Crippen LogP contribution in [0.25, 0.3) is 0 Å². The second kappa shape index (κ2) is 6.39. The van der Waals surface area contributed by atoms with E-state index in [-0.39, 0.29) is 5.56 Å². The van der Waals surface area contributed by atoms with Crippen molar-refractivity contribution < 1.29 is 13.9 Å². The maximum atomic E-state index is 13.8. The summed E-state index contributed by atoms with van der Waals surface area (Å²) in [6.07, 6.45) is 0. The lowest BCUT2D eigenvalue weighted by atomic mass is 10.1. The number of benzene rings is 2. The molecule has 0 radical (unpaired) electrons. The van der Waals surface area contributed by atoms with Crippen molar-refractivity contribution in [2.75, 3.05) is 11.9 Å². The molecule has 1 N–H and O–H groups in total. The number of amides is 1. The summed E-state index contributed by atoms with van der Waals surface area (Å²) in [6, 6.07) is 9.98. The Labute approximate surface area is 123 Å². The maximum absolute atomic E-state index is 13.8. The molecule has 2 aromatic carbocycles. The fourth-order valence-corrected chi connectivity index (χ4v) is 2.00. The van der Waals surface area contributed by atoms with Gasteiger partial charge in [0.05, 0.1) is 17.9 Å². The Morgan fingerprint density at radius 1 is 1.14 bits per heavy atom. The van der Waals surface area contributed by atoms with Crippen LogP contribution in [0.3, 0.4) is 0 Å². The normalized spacial score (nSPS) is 10.3. The van der Waals surface area contributed by atoms with E-state index in [1.165, 1.54) is 12.1 Å². The van der Waals surface area contributed by atoms with Gasteiger partial charge in [0.1, 0.15) is 11.6 Å². The Bertz CT molecular complexity index is 668. The van der Waals surface area contributed by atoms with Crippen molar-refractivity contribution in [3.63, 3.8) is 0 Å². The number of nitrogens with one attached hydrogen (secondary N) is 1. The Hall–Kier alpha value is -2.36. The molecule has 0 aromatic heterocycles. The first-order valence-electron chi connectivity index (χ1n) is 6.82. The fourth-order valence-electron chi connectivity index (χ4n) is 2.00. The highest BCUT2D eigenvalue weighted by Gasteiger charge is 2.14. The van der Waals surface area contributed by atoms with E-state index in [0.717, 1.165) is 11.1 Å². The lowest BCUT2D eigenvalue weighted by Crippen LogP contribution is -2.14. The third-order valence-electron chi connectivity index (χ3n) is 3.05. The average Bonchev–Trinajstić information content (AvgIpc) is 2.42. The van der Waals surface area contributed by atoms with E-state index in [0.29, 0.717) is 18.0 Å². The van der Waals surface area contributed by atoms with Crippen molar-refractivity contribution in [2.24, 2.45) is 0 Å². The zero-order valence-corrected chi connectivity index (χ0v) is 12.4. The fraction of sp³-hybridized carbons (Fsp3) is 0.235. The van der Waals surface area contributed by atoms with Crippen LogP contribution in [0.15, 0.2) is 36.4 Å². The van der Waals surface area contributed by atoms with E-state index in [1.54, 1.807) is 19.1 Å². The van der Waals surface area contributed by atoms with Gasteiger partial charge in [-0.15, -0.1) is 0 Å². The number of carbonyl (C=O) groups is 1. The van der Waals surface area contributed by atoms with Crippen molar-refractivity contribution in [1.29, 1.82) is 0 Å². The molecule has 0 aliphatic rings. The van der Waals surface area contributed by atoms with Crippen LogP contribution in [0.2, 0.25) is 0 Å². The van der Waals surface area contributed by atoms with Crippen LogP contribution in [0.1, 0.15) is 28.4 Å². The highest BCUT2D eigenvalue weighted by molar-refractivity contribution is 6.05. The molecule has 3 nitrogen and oxygen atoms in total. The summed E-state index contributed by atoms with van der Waals surface area (Å²) in [5.41, 5.74) is 2.35. The van der Waals surface area contributed by atoms with E-state index in [9.17, 15) is 9.18 Å². The van der Waals surface area contributed by atoms with Gasteiger partial charge >= 0.3 is 0 Å². The average molecular weight is 287 g/mol. The maximum Gasteiger partial charge on any atom is 0.258 e. The van der Waals surface area contributed by atoms with Crippen molar-refractivity contribution in [2.45, 2.75) is 20.8 Å². The third kappa shape index (κ3) is 3.60. The number of hydrogen-bond donors (Lipinski definition) is 1. The second-order valence-electron chi connectivity index (χ2n) is 4.87. The standard InChI is InChI=1S/C17H18FNO2/c1-4-21-16-10-12(3)6-8-15(16)19-17(20)13-7-5-11(2)9-14(13)18/h5-10H,4H2,1-3H3,(H,19,20). The molecular weight excluding hydrogens is 269 g/mol. The first-order valence-corrected chi connectivity index (χ1v) is 6.82. The van der Waals surface area contributed by atoms with Gasteiger partial charge in [0.25, 0.3) is 5.91 Å². The summed E-state index contributed by atoms with van der Waals surface area (Å²) in [4.78, 5) is 12.2. The van der Waals surface area contributed by atoms with Crippen molar-refractivity contribution in [1.82, 2.24) is 0 Å². The lowest BCUT2D eigenvalue weighted by Gasteiger charge is -2.12. The number of anilines is 1. The summed E-state index contributed by atoms with van der Waals surface area (Å²) in [5, 5.41) is 2.70. The zero-order chi connectivity index (χ0) is 15.4. The van der Waals surface area contributed by atoms with Gasteiger partial charge in [-0.05, 0) is 56.2 Å². The molecule has 2 rings (SSSR count). The summed E-state index contributed by atoms with van der Waals surface area (Å²) in [5.74, 6) is -0.437. The van der Waals surface area contributed by atoms with E-state index in [4.69, 9.17) is 4.74 Å². The number of hydrogen-bond acceptors (Lipinski definition) is 2. The molecule has 0 atom stereocenters. The molecule has 110 valence electrons. The van der Waals surface area contributed by atoms with Gasteiger partial charge in [0.2, 0.25) is 0 Å². The Morgan fingerprint density at radius 3 is 2.48 bits per heavy atom. The largest absolute Gasteiger partial charge is 0.492 e. The minimum Gasteiger partial charge on any atom is -0.492 e. The molecule has 0 unspecified atom stereocenters. The van der Waals surface area contributed by atoms with Crippen LogP contribution >= 0.6 is 0 Å². The van der Waals surface area contributed by atoms with Gasteiger partial charge in [-0.25, -0.2) is 4.39 Å². The minimum atomic E-state index is -0.530. The Kier molecular flexibility index (Phi) is 4.58. The van der Waals surface area contributed by atoms with Gasteiger partial charge in [-0.2, -0.15) is 0 Å². The first-order chi connectivity index (χ1) is 10.0. The van der Waals surface area contributed by atoms with Crippen molar-refractivity contribution in [3.8, 4) is 5.75 Å². The van der Waals surface area contributed by atoms with Crippen LogP contribution in [0.4, 0.5) is 10.1 Å². The van der Waals surface area contributed by atoms with Gasteiger partial charge < -0.3 is 10.1 Å². The molecule has 21 heavy (non-hydrogen) atoms. The molecule has 2 aromatic rings. The zero-order valence-electron chi connectivity index (χ0n) is 12.4. The van der Waals surface area contributed by atoms with Gasteiger partial charge in [-0.3, -0.25) is 4.79 Å². The molecule has 4 heteroatoms. The van der Waals surface area contributed by atoms with E-state index >= 15 is 0 Å². The topological polar surface area (TPSA) is 38.3 Å². The van der Waals surface area contributed by atoms with Crippen LogP contribution in [0.5, 0.6) is 5.75 Å². The van der Waals surface area contributed by atoms with Crippen LogP contribution < -0.4 is 10.1 Å². The predicted molar refractivity (Wildman–Crippen MR) is 81.4 cm³/mol. The molecule has 0 heterocycles. The SMILES string of the molecule is CCOc1cc(C)ccc1NC(=O)c1ccc(C)cc1F. The molecule has 1 amide bonds. The summed E-state index contributed by atoms with van der Waals surface area (Å²) in [6.45, 7) is 6.07. The van der Waals surface area contributed by atoms with E-state index < -0.39 is 11.7 Å². The molecule has 0 aliphatic heterocycles. The lowest BCUT2D eigenvalue weighted by molar-refractivity contribution is 0.102. The highest BCUT2D eigenvalue weighted by Crippen LogP contribution is 2.26. The number of rotatable bonds is 4. The molecular formula is C17H18FNO2. The summed E-state index contributed by atoms with van der Waals surface area (Å²) in [7, 11) is 0. The molecule has 0 saturated heterocycles. The Balaban J connectivity index is 2.27. The molecule has 0 bridgehead atoms. The van der Waals surface area contributed by atoms with Crippen LogP contribution in [-0.2, 0) is 0 Å². The summed E-state index contributed by atoms with van der Waals surface area (Å²) < 4.78 is 19.3. The third-order valence-corrected chi connectivity index (χ3v) is 3.05. The molecule has 0 aliphatic carbocycles. The molecule has 0 fully saturated rings. The van der Waals surface area contributed by atoms with Crippen LogP contribution in [-0.4, -0.2) is 12.5 Å². The summed E-state index contributed by atoms with van der Waals surface area (Å²) >= 11 is 0. The van der Waals surface area contributed by atoms with Gasteiger partial charge in [0, 0.05) is 0 Å². The molecule has 0 saturated carbocycles. The number of ether oxygens (including phenoxy) is 1. The predicted octanol–water partition coefficient (Wildman–Crippen LogP) is 4.09. The van der Waals surface area contributed by atoms with E-state index in [2.05, 4.69) is 5.32 Å². The number of carbonyl (C=O) groups excluding carboxylic acids is 1. The quantitative estimate of drug-likeness (QED) is 0.919. The first kappa shape index (κ1) is 15.0. The van der Waals surface area contributed by atoms with Gasteiger partial charge in [0.15, 0.2) is 0 Å². The molecule has 0 spiro atoms. The van der Waals surface area contributed by atoms with E-state index in [1.807, 2.05) is 26.0 Å². The minimum absolute atomic E-state index is 0.0172. The Morgan fingerprint density at radius 2 is 1.81 bits per heavy atom.